The van der Waals surface area contributed by atoms with Crippen LogP contribution >= 0.6 is 0 Å². The number of hydrogen-bond acceptors (Lipinski definition) is 4. The highest BCUT2D eigenvalue weighted by Crippen LogP contribution is 2.24. The Kier molecular flexibility index (Phi) is 9.79. The lowest BCUT2D eigenvalue weighted by molar-refractivity contribution is 0.397. The van der Waals surface area contributed by atoms with Crippen LogP contribution in [-0.2, 0) is 0 Å². The Balaban J connectivity index is 2.28. The van der Waals surface area contributed by atoms with Crippen molar-refractivity contribution < 1.29 is 4.74 Å². The number of ether oxygens (including phenoxy) is 1. The first-order valence-electron chi connectivity index (χ1n) is 11.2. The number of imidazole rings is 1. The second-order valence-corrected chi connectivity index (χ2v) is 7.72. The predicted octanol–water partition coefficient (Wildman–Crippen LogP) is 6.76. The number of anilines is 1. The maximum Gasteiger partial charge on any atom is 0.234 e. The molecule has 0 fully saturated rings. The molecule has 32 heavy (non-hydrogen) atoms. The molecule has 2 aromatic rings. The monoisotopic (exact) mass is 435 g/mol. The molecule has 0 radical (unpaired) electrons. The first-order chi connectivity index (χ1) is 15.4. The van der Waals surface area contributed by atoms with Gasteiger partial charge in [0, 0.05) is 17.5 Å². The molecule has 2 heterocycles. The maximum absolute atomic E-state index is 5.16. The molecule has 0 aliphatic rings. The molecule has 0 amide bonds. The summed E-state index contributed by atoms with van der Waals surface area (Å²) in [6, 6.07) is 2.02. The van der Waals surface area contributed by atoms with Crippen LogP contribution in [0, 0.1) is 6.92 Å². The molecule has 6 nitrogen and oxygen atoms in total. The average molecular weight is 436 g/mol. The van der Waals surface area contributed by atoms with Gasteiger partial charge in [0.05, 0.1) is 25.2 Å². The number of rotatable bonds is 12. The molecule has 0 aliphatic heterocycles. The fraction of sp³-hybridized carbons (Fsp3) is 0.385. The van der Waals surface area contributed by atoms with E-state index in [-0.39, 0.29) is 6.04 Å². The molecular weight excluding hydrogens is 398 g/mol. The summed E-state index contributed by atoms with van der Waals surface area (Å²) in [7, 11) is 1.60. The van der Waals surface area contributed by atoms with E-state index < -0.39 is 0 Å². The van der Waals surface area contributed by atoms with Crippen LogP contribution in [-0.4, -0.2) is 26.9 Å². The van der Waals surface area contributed by atoms with Crippen LogP contribution in [0.1, 0.15) is 64.4 Å². The normalized spacial score (nSPS) is 14.1. The van der Waals surface area contributed by atoms with E-state index in [0.29, 0.717) is 5.88 Å². The van der Waals surface area contributed by atoms with Crippen molar-refractivity contribution in [1.82, 2.24) is 19.7 Å². The number of aromatic amines is 1. The number of nitrogens with one attached hydrogen (secondary N) is 2. The SMILES string of the molecule is C=C/C=C\C(=C/CCC)C(C)n1cnc(/C=C\C(Nc2cc(OC)n[nH]2)=C(/C)CC)c1C. The molecular formula is C26H37N5O. The van der Waals surface area contributed by atoms with Crippen molar-refractivity contribution in [2.24, 2.45) is 0 Å². The van der Waals surface area contributed by atoms with Crippen LogP contribution in [0.2, 0.25) is 0 Å². The third-order valence-corrected chi connectivity index (χ3v) is 5.50. The summed E-state index contributed by atoms with van der Waals surface area (Å²) in [5.74, 6) is 1.33. The Morgan fingerprint density at radius 1 is 1.34 bits per heavy atom. The highest BCUT2D eigenvalue weighted by Gasteiger charge is 2.13. The van der Waals surface area contributed by atoms with Gasteiger partial charge in [0.2, 0.25) is 5.88 Å². The molecule has 0 aromatic carbocycles. The van der Waals surface area contributed by atoms with Crippen molar-refractivity contribution in [3.8, 4) is 5.88 Å². The minimum Gasteiger partial charge on any atom is -0.480 e. The van der Waals surface area contributed by atoms with Crippen molar-refractivity contribution in [3.05, 3.63) is 77.6 Å². The number of allylic oxidation sites excluding steroid dienone is 7. The molecule has 0 saturated carbocycles. The van der Waals surface area contributed by atoms with E-state index in [9.17, 15) is 0 Å². The van der Waals surface area contributed by atoms with Gasteiger partial charge < -0.3 is 14.6 Å². The molecule has 2 rings (SSSR count). The third kappa shape index (κ3) is 6.61. The van der Waals surface area contributed by atoms with E-state index in [0.717, 1.165) is 42.2 Å². The van der Waals surface area contributed by atoms with Gasteiger partial charge in [0.1, 0.15) is 5.82 Å². The van der Waals surface area contributed by atoms with E-state index in [1.807, 2.05) is 24.5 Å². The zero-order chi connectivity index (χ0) is 23.5. The minimum atomic E-state index is 0.190. The summed E-state index contributed by atoms with van der Waals surface area (Å²) in [6.07, 6.45) is 17.4. The lowest BCUT2D eigenvalue weighted by Crippen LogP contribution is -2.08. The summed E-state index contributed by atoms with van der Waals surface area (Å²) < 4.78 is 7.38. The second kappa shape index (κ2) is 12.5. The molecule has 0 spiro atoms. The molecule has 6 heteroatoms. The number of nitrogens with zero attached hydrogens (tertiary/aromatic N) is 3. The van der Waals surface area contributed by atoms with Gasteiger partial charge in [-0.05, 0) is 51.3 Å². The van der Waals surface area contributed by atoms with Crippen LogP contribution in [0.15, 0.2) is 66.2 Å². The molecule has 0 saturated heterocycles. The molecule has 2 N–H and O–H groups in total. The second-order valence-electron chi connectivity index (χ2n) is 7.72. The molecule has 0 aliphatic carbocycles. The Labute approximate surface area is 192 Å². The smallest absolute Gasteiger partial charge is 0.234 e. The standard InChI is InChI=1S/C26H37N5O/c1-8-11-13-22(14-12-9-2)20(5)31-18-27-24(21(31)6)16-15-23(19(4)10-3)28-25-17-26(32-7)30-29-25/h8,11,13-18,20H,1,9-10,12H2,2-7H3,(H2,28,29,30)/b13-11-,16-15-,22-14+,23-19-. The zero-order valence-corrected chi connectivity index (χ0v) is 20.3. The summed E-state index contributed by atoms with van der Waals surface area (Å²) in [6.45, 7) is 14.6. The van der Waals surface area contributed by atoms with E-state index in [2.05, 4.69) is 90.6 Å². The van der Waals surface area contributed by atoms with Crippen molar-refractivity contribution in [1.29, 1.82) is 0 Å². The number of hydrogen-bond donors (Lipinski definition) is 2. The van der Waals surface area contributed by atoms with Gasteiger partial charge in [0.15, 0.2) is 0 Å². The Morgan fingerprint density at radius 2 is 2.12 bits per heavy atom. The van der Waals surface area contributed by atoms with Crippen LogP contribution < -0.4 is 10.1 Å². The lowest BCUT2D eigenvalue weighted by Gasteiger charge is -2.17. The summed E-state index contributed by atoms with van der Waals surface area (Å²) >= 11 is 0. The Morgan fingerprint density at radius 3 is 2.75 bits per heavy atom. The first kappa shape index (κ1) is 25.0. The maximum atomic E-state index is 5.16. The van der Waals surface area contributed by atoms with Crippen LogP contribution in [0.4, 0.5) is 5.82 Å². The first-order valence-corrected chi connectivity index (χ1v) is 11.2. The largest absolute Gasteiger partial charge is 0.480 e. The van der Waals surface area contributed by atoms with E-state index in [4.69, 9.17) is 4.74 Å². The van der Waals surface area contributed by atoms with Gasteiger partial charge in [-0.1, -0.05) is 56.7 Å². The molecule has 172 valence electrons. The summed E-state index contributed by atoms with van der Waals surface area (Å²) in [4.78, 5) is 4.68. The molecule has 1 unspecified atom stereocenters. The van der Waals surface area contributed by atoms with E-state index in [1.54, 1.807) is 7.11 Å². The predicted molar refractivity (Wildman–Crippen MR) is 135 cm³/mol. The van der Waals surface area contributed by atoms with Gasteiger partial charge in [-0.15, -0.1) is 5.10 Å². The summed E-state index contributed by atoms with van der Waals surface area (Å²) in [5, 5.41) is 10.4. The van der Waals surface area contributed by atoms with Crippen LogP contribution in [0.5, 0.6) is 5.88 Å². The Hall–Kier alpha value is -3.28. The van der Waals surface area contributed by atoms with Crippen molar-refractivity contribution >= 4 is 11.9 Å². The quantitative estimate of drug-likeness (QED) is 0.361. The number of aromatic nitrogens is 4. The zero-order valence-electron chi connectivity index (χ0n) is 20.3. The van der Waals surface area contributed by atoms with E-state index in [1.165, 1.54) is 11.1 Å². The van der Waals surface area contributed by atoms with Gasteiger partial charge in [0.25, 0.3) is 0 Å². The Bertz CT molecular complexity index is 1000. The number of methoxy groups -OCH3 is 1. The third-order valence-electron chi connectivity index (χ3n) is 5.50. The van der Waals surface area contributed by atoms with Crippen LogP contribution in [0.25, 0.3) is 6.08 Å². The van der Waals surface area contributed by atoms with Gasteiger partial charge in [-0.2, -0.15) is 0 Å². The molecule has 0 bridgehead atoms. The van der Waals surface area contributed by atoms with Gasteiger partial charge >= 0.3 is 0 Å². The van der Waals surface area contributed by atoms with E-state index >= 15 is 0 Å². The fourth-order valence-corrected chi connectivity index (χ4v) is 3.28. The average Bonchev–Trinajstić information content (AvgIpc) is 3.41. The summed E-state index contributed by atoms with van der Waals surface area (Å²) in [5.41, 5.74) is 5.59. The van der Waals surface area contributed by atoms with Crippen LogP contribution in [0.3, 0.4) is 0 Å². The minimum absolute atomic E-state index is 0.190. The molecule has 2 aromatic heterocycles. The number of H-pyrrole nitrogens is 1. The lowest BCUT2D eigenvalue weighted by atomic mass is 10.1. The van der Waals surface area contributed by atoms with Crippen molar-refractivity contribution in [2.75, 3.05) is 12.4 Å². The van der Waals surface area contributed by atoms with Gasteiger partial charge in [-0.25, -0.2) is 4.98 Å². The fourth-order valence-electron chi connectivity index (χ4n) is 3.28. The topological polar surface area (TPSA) is 67.8 Å². The van der Waals surface area contributed by atoms with Crippen molar-refractivity contribution in [2.45, 2.75) is 59.9 Å². The van der Waals surface area contributed by atoms with Crippen molar-refractivity contribution in [3.63, 3.8) is 0 Å². The number of unbranched alkanes of at least 4 members (excludes halogenated alkanes) is 1. The van der Waals surface area contributed by atoms with Gasteiger partial charge in [-0.3, -0.25) is 5.10 Å². The highest BCUT2D eigenvalue weighted by atomic mass is 16.5. The highest BCUT2D eigenvalue weighted by molar-refractivity contribution is 5.57. The molecule has 1 atom stereocenters.